The van der Waals surface area contributed by atoms with Gasteiger partial charge in [0.15, 0.2) is 12.2 Å². The van der Waals surface area contributed by atoms with Crippen LogP contribution in [0.3, 0.4) is 0 Å². The summed E-state index contributed by atoms with van der Waals surface area (Å²) in [5, 5.41) is 11.5. The minimum absolute atomic E-state index is 0.0284. The Labute approximate surface area is 243 Å². The second kappa shape index (κ2) is 14.1. The number of thioether (sulfide) groups is 1. The zero-order valence-corrected chi connectivity index (χ0v) is 23.0. The van der Waals surface area contributed by atoms with Crippen molar-refractivity contribution in [3.05, 3.63) is 138 Å². The number of rotatable bonds is 10. The third-order valence-electron chi connectivity index (χ3n) is 6.51. The third kappa shape index (κ3) is 7.62. The molecular weight excluding hydrogens is 540 g/mol. The van der Waals surface area contributed by atoms with Crippen molar-refractivity contribution < 1.29 is 33.6 Å². The fourth-order valence-electron chi connectivity index (χ4n) is 4.42. The monoisotopic (exact) mass is 570 g/mol. The molecule has 0 unspecified atom stereocenters. The second-order valence-corrected chi connectivity index (χ2v) is 10.6. The third-order valence-corrected chi connectivity index (χ3v) is 7.67. The maximum Gasteiger partial charge on any atom is 0.338 e. The normalized spacial score (nSPS) is 22.0. The molecule has 1 fully saturated rings. The number of benzene rings is 4. The predicted molar refractivity (Wildman–Crippen MR) is 154 cm³/mol. The van der Waals surface area contributed by atoms with Gasteiger partial charge in [0.05, 0.1) is 24.3 Å². The zero-order valence-electron chi connectivity index (χ0n) is 22.2. The van der Waals surface area contributed by atoms with E-state index in [1.807, 2.05) is 60.7 Å². The van der Waals surface area contributed by atoms with Crippen LogP contribution in [0.25, 0.3) is 0 Å². The average molecular weight is 571 g/mol. The molecule has 210 valence electrons. The second-order valence-electron chi connectivity index (χ2n) is 9.44. The van der Waals surface area contributed by atoms with E-state index >= 15 is 0 Å². The Bertz CT molecular complexity index is 1390. The molecule has 0 bridgehead atoms. The van der Waals surface area contributed by atoms with Crippen LogP contribution >= 0.6 is 11.8 Å². The largest absolute Gasteiger partial charge is 0.452 e. The molecule has 5 atom stereocenters. The summed E-state index contributed by atoms with van der Waals surface area (Å²) in [6, 6.07) is 36.1. The summed E-state index contributed by atoms with van der Waals surface area (Å²) >= 11 is 1.31. The van der Waals surface area contributed by atoms with E-state index in [4.69, 9.17) is 18.9 Å². The highest BCUT2D eigenvalue weighted by molar-refractivity contribution is 7.99. The lowest BCUT2D eigenvalue weighted by Gasteiger charge is -2.43. The van der Waals surface area contributed by atoms with Gasteiger partial charge < -0.3 is 24.1 Å². The van der Waals surface area contributed by atoms with Crippen LogP contribution in [-0.2, 0) is 25.6 Å². The predicted octanol–water partition coefficient (Wildman–Crippen LogP) is 5.53. The number of carbonyl (C=O) groups excluding carboxylic acids is 2. The Morgan fingerprint density at radius 2 is 1.17 bits per heavy atom. The molecule has 5 rings (SSSR count). The first-order chi connectivity index (χ1) is 20.1. The fourth-order valence-corrected chi connectivity index (χ4v) is 5.54. The van der Waals surface area contributed by atoms with Gasteiger partial charge in [-0.15, -0.1) is 0 Å². The van der Waals surface area contributed by atoms with E-state index < -0.39 is 41.8 Å². The van der Waals surface area contributed by atoms with E-state index in [1.165, 1.54) is 11.8 Å². The van der Waals surface area contributed by atoms with E-state index in [-0.39, 0.29) is 6.61 Å². The number of hydrogen-bond acceptors (Lipinski definition) is 8. The molecule has 1 aliphatic heterocycles. The van der Waals surface area contributed by atoms with Gasteiger partial charge in [-0.3, -0.25) is 0 Å². The Morgan fingerprint density at radius 1 is 0.683 bits per heavy atom. The number of ether oxygens (including phenoxy) is 4. The van der Waals surface area contributed by atoms with Gasteiger partial charge in [0, 0.05) is 4.90 Å². The molecule has 0 aliphatic carbocycles. The first-order valence-corrected chi connectivity index (χ1v) is 14.2. The maximum atomic E-state index is 13.2. The Morgan fingerprint density at radius 3 is 1.73 bits per heavy atom. The first-order valence-electron chi connectivity index (χ1n) is 13.3. The van der Waals surface area contributed by atoms with Crippen LogP contribution in [0.2, 0.25) is 0 Å². The SMILES string of the molecule is O=C(O[C@@H]1[C@@H](OC(=O)c2ccccc2)[C@H](O)[C@@H](COCc2ccccc2)O[C@H]1Sc1ccccc1)c1ccccc1. The molecule has 1 saturated heterocycles. The molecular formula is C33H30O7S. The van der Waals surface area contributed by atoms with Crippen LogP contribution in [0.5, 0.6) is 0 Å². The van der Waals surface area contributed by atoms with Crippen LogP contribution in [0.1, 0.15) is 26.3 Å². The molecule has 4 aromatic carbocycles. The van der Waals surface area contributed by atoms with Crippen LogP contribution in [0, 0.1) is 0 Å². The molecule has 0 aromatic heterocycles. The summed E-state index contributed by atoms with van der Waals surface area (Å²) in [5.74, 6) is -1.27. The number of carbonyl (C=O) groups is 2. The Kier molecular flexibility index (Phi) is 9.82. The smallest absolute Gasteiger partial charge is 0.338 e. The van der Waals surface area contributed by atoms with Gasteiger partial charge in [-0.2, -0.15) is 0 Å². The van der Waals surface area contributed by atoms with E-state index in [2.05, 4.69) is 0 Å². The molecule has 0 radical (unpaired) electrons. The summed E-state index contributed by atoms with van der Waals surface area (Å²) < 4.78 is 24.1. The summed E-state index contributed by atoms with van der Waals surface area (Å²) in [4.78, 5) is 27.2. The first kappa shape index (κ1) is 28.6. The molecule has 0 saturated carbocycles. The van der Waals surface area contributed by atoms with Gasteiger partial charge in [0.1, 0.15) is 17.6 Å². The summed E-state index contributed by atoms with van der Waals surface area (Å²) in [7, 11) is 0. The summed E-state index contributed by atoms with van der Waals surface area (Å²) in [5.41, 5.74) is 0.789. The standard InChI is InChI=1S/C33H30O7S/c34-28-27(22-37-21-23-13-5-1-6-14-23)38-33(41-26-19-11-4-12-20-26)30(40-32(36)25-17-9-3-10-18-25)29(28)39-31(35)24-15-7-2-8-16-24/h1-20,27-30,33-34H,21-22H2/t27-,28-,29+,30-,33+/m1/s1. The molecule has 0 amide bonds. The lowest BCUT2D eigenvalue weighted by Crippen LogP contribution is -2.60. The number of esters is 2. The molecule has 4 aromatic rings. The van der Waals surface area contributed by atoms with Crippen molar-refractivity contribution in [1.82, 2.24) is 0 Å². The highest BCUT2D eigenvalue weighted by Crippen LogP contribution is 2.37. The lowest BCUT2D eigenvalue weighted by atomic mass is 9.99. The van der Waals surface area contributed by atoms with Crippen LogP contribution < -0.4 is 0 Å². The Balaban J connectivity index is 1.43. The van der Waals surface area contributed by atoms with E-state index in [0.29, 0.717) is 17.7 Å². The molecule has 1 aliphatic rings. The van der Waals surface area contributed by atoms with E-state index in [9.17, 15) is 14.7 Å². The molecule has 41 heavy (non-hydrogen) atoms. The van der Waals surface area contributed by atoms with Crippen molar-refractivity contribution in [2.45, 2.75) is 41.4 Å². The van der Waals surface area contributed by atoms with Gasteiger partial charge in [0.25, 0.3) is 0 Å². The number of hydrogen-bond donors (Lipinski definition) is 1. The fraction of sp³-hybridized carbons (Fsp3) is 0.212. The highest BCUT2D eigenvalue weighted by atomic mass is 32.2. The van der Waals surface area contributed by atoms with Gasteiger partial charge in [-0.05, 0) is 42.0 Å². The summed E-state index contributed by atoms with van der Waals surface area (Å²) in [6.07, 6.45) is -4.54. The molecule has 8 heteroatoms. The molecule has 7 nitrogen and oxygen atoms in total. The van der Waals surface area contributed by atoms with Crippen molar-refractivity contribution in [2.24, 2.45) is 0 Å². The van der Waals surface area contributed by atoms with Crippen molar-refractivity contribution in [3.8, 4) is 0 Å². The van der Waals surface area contributed by atoms with Crippen LogP contribution in [-0.4, -0.2) is 53.5 Å². The van der Waals surface area contributed by atoms with Crippen molar-refractivity contribution in [1.29, 1.82) is 0 Å². The van der Waals surface area contributed by atoms with E-state index in [0.717, 1.165) is 10.5 Å². The molecule has 1 heterocycles. The van der Waals surface area contributed by atoms with Crippen molar-refractivity contribution in [2.75, 3.05) is 6.61 Å². The van der Waals surface area contributed by atoms with E-state index in [1.54, 1.807) is 60.7 Å². The molecule has 0 spiro atoms. The summed E-state index contributed by atoms with van der Waals surface area (Å²) in [6.45, 7) is 0.339. The molecule has 1 N–H and O–H groups in total. The van der Waals surface area contributed by atoms with Gasteiger partial charge in [0.2, 0.25) is 0 Å². The minimum atomic E-state index is -1.33. The average Bonchev–Trinajstić information content (AvgIpc) is 3.02. The lowest BCUT2D eigenvalue weighted by molar-refractivity contribution is -0.211. The van der Waals surface area contributed by atoms with Crippen molar-refractivity contribution >= 4 is 23.7 Å². The zero-order chi connectivity index (χ0) is 28.4. The van der Waals surface area contributed by atoms with Gasteiger partial charge in [-0.25, -0.2) is 9.59 Å². The maximum absolute atomic E-state index is 13.2. The van der Waals surface area contributed by atoms with Crippen LogP contribution in [0.15, 0.2) is 126 Å². The number of aliphatic hydroxyl groups is 1. The van der Waals surface area contributed by atoms with Gasteiger partial charge in [-0.1, -0.05) is 96.7 Å². The number of aliphatic hydroxyl groups excluding tert-OH is 1. The highest BCUT2D eigenvalue weighted by Gasteiger charge is 2.50. The minimum Gasteiger partial charge on any atom is -0.452 e. The van der Waals surface area contributed by atoms with Crippen molar-refractivity contribution in [3.63, 3.8) is 0 Å². The van der Waals surface area contributed by atoms with Gasteiger partial charge >= 0.3 is 11.9 Å². The quantitative estimate of drug-likeness (QED) is 0.249. The topological polar surface area (TPSA) is 91.3 Å². The Hall–Kier alpha value is -3.95. The van der Waals surface area contributed by atoms with Crippen LogP contribution in [0.4, 0.5) is 0 Å².